The smallest absolute Gasteiger partial charge is 0.243 e. The van der Waals surface area contributed by atoms with Crippen LogP contribution in [0.2, 0.25) is 0 Å². The zero-order chi connectivity index (χ0) is 27.3. The molecule has 200 valence electrons. The molecule has 1 unspecified atom stereocenters. The molecule has 0 fully saturated rings. The average molecular weight is 513 g/mol. The van der Waals surface area contributed by atoms with Gasteiger partial charge in [-0.25, -0.2) is 0 Å². The summed E-state index contributed by atoms with van der Waals surface area (Å²) >= 11 is 0. The minimum atomic E-state index is 0.201. The van der Waals surface area contributed by atoms with Crippen molar-refractivity contribution < 1.29 is 4.42 Å². The normalized spacial score (nSPS) is 13.4. The number of aromatic amines is 1. The van der Waals surface area contributed by atoms with E-state index in [0.29, 0.717) is 11.8 Å². The minimum absolute atomic E-state index is 0.201. The topological polar surface area (TPSA) is 83.2 Å². The fraction of sp³-hybridized carbons (Fsp3) is 0.355. The second-order valence-electron chi connectivity index (χ2n) is 9.56. The number of allylic oxidation sites excluding steroid dienone is 4. The summed E-state index contributed by atoms with van der Waals surface area (Å²) in [5.74, 6) is 1.39. The van der Waals surface area contributed by atoms with E-state index in [2.05, 4.69) is 101 Å². The van der Waals surface area contributed by atoms with E-state index in [0.717, 1.165) is 66.9 Å². The number of hydrogen-bond donors (Lipinski definition) is 1. The number of aromatic nitrogens is 4. The maximum atomic E-state index is 6.09. The Labute approximate surface area is 226 Å². The van der Waals surface area contributed by atoms with Gasteiger partial charge in [0, 0.05) is 35.4 Å². The average Bonchev–Trinajstić information content (AvgIpc) is 3.57. The minimum Gasteiger partial charge on any atom is -0.421 e. The van der Waals surface area contributed by atoms with Crippen LogP contribution in [0, 0.1) is 0 Å². The molecule has 0 bridgehead atoms. The lowest BCUT2D eigenvalue weighted by Crippen LogP contribution is -2.19. The second-order valence-corrected chi connectivity index (χ2v) is 9.56. The van der Waals surface area contributed by atoms with E-state index in [9.17, 15) is 0 Å². The van der Waals surface area contributed by atoms with Gasteiger partial charge in [-0.05, 0) is 70.3 Å². The largest absolute Gasteiger partial charge is 0.421 e. The van der Waals surface area contributed by atoms with Crippen LogP contribution in [0.5, 0.6) is 0 Å². The van der Waals surface area contributed by atoms with Crippen LogP contribution in [-0.4, -0.2) is 45.6 Å². The van der Waals surface area contributed by atoms with Gasteiger partial charge in [0.1, 0.15) is 0 Å². The van der Waals surface area contributed by atoms with Crippen LogP contribution < -0.4 is 0 Å². The molecule has 1 atom stereocenters. The van der Waals surface area contributed by atoms with Gasteiger partial charge in [-0.3, -0.25) is 10.1 Å². The molecule has 2 aromatic heterocycles. The molecule has 38 heavy (non-hydrogen) atoms. The van der Waals surface area contributed by atoms with Crippen LogP contribution in [0.4, 0.5) is 0 Å². The summed E-state index contributed by atoms with van der Waals surface area (Å²) in [4.78, 5) is 6.21. The van der Waals surface area contributed by atoms with Crippen molar-refractivity contribution in [1.29, 1.82) is 0 Å². The second kappa shape index (κ2) is 14.8. The first-order valence-corrected chi connectivity index (χ1v) is 13.2. The molecule has 3 aromatic rings. The van der Waals surface area contributed by atoms with Crippen molar-refractivity contribution in [3.8, 4) is 0 Å². The standard InChI is InChI=1S/C31H40N6O/c1-7-14-26(18-19-32-5)29-27(28(8-2)33-34-29)21-24(4)31-36-35-30(38-31)23(3)15-12-13-20-37(6)22-25-16-10-9-11-17-25/h8-11,14,16-19,21,23H,2,5,7,12-13,15,20,22H2,1,3-4,6H3,(H,33,34)/b19-18-,24-21+,26-14+. The first-order valence-electron chi connectivity index (χ1n) is 13.2. The Hall–Kier alpha value is -3.84. The molecule has 0 aliphatic carbocycles. The van der Waals surface area contributed by atoms with Crippen LogP contribution in [-0.2, 0) is 6.54 Å². The first-order chi connectivity index (χ1) is 18.5. The predicted octanol–water partition coefficient (Wildman–Crippen LogP) is 7.41. The van der Waals surface area contributed by atoms with Crippen LogP contribution >= 0.6 is 0 Å². The molecular weight excluding hydrogens is 472 g/mol. The Kier molecular flexibility index (Phi) is 11.2. The van der Waals surface area contributed by atoms with Gasteiger partial charge in [0.15, 0.2) is 0 Å². The van der Waals surface area contributed by atoms with Gasteiger partial charge in [0.05, 0.1) is 11.4 Å². The van der Waals surface area contributed by atoms with Crippen LogP contribution in [0.1, 0.15) is 86.7 Å². The van der Waals surface area contributed by atoms with E-state index in [4.69, 9.17) is 4.42 Å². The van der Waals surface area contributed by atoms with Gasteiger partial charge in [0.2, 0.25) is 11.8 Å². The maximum Gasteiger partial charge on any atom is 0.243 e. The van der Waals surface area contributed by atoms with Gasteiger partial charge in [0.25, 0.3) is 0 Å². The molecule has 0 aliphatic rings. The molecule has 7 heteroatoms. The molecule has 0 saturated carbocycles. The highest BCUT2D eigenvalue weighted by molar-refractivity contribution is 5.87. The number of hydrogen-bond acceptors (Lipinski definition) is 6. The number of aliphatic imine (C=N–C) groups is 1. The summed E-state index contributed by atoms with van der Waals surface area (Å²) in [6.45, 7) is 15.7. The lowest BCUT2D eigenvalue weighted by molar-refractivity contribution is 0.313. The van der Waals surface area contributed by atoms with Crippen molar-refractivity contribution >= 4 is 30.0 Å². The molecule has 0 saturated heterocycles. The number of unbranched alkanes of at least 4 members (excludes halogenated alkanes) is 1. The fourth-order valence-electron chi connectivity index (χ4n) is 4.28. The van der Waals surface area contributed by atoms with E-state index in [-0.39, 0.29) is 5.92 Å². The molecule has 2 heterocycles. The molecule has 0 radical (unpaired) electrons. The zero-order valence-electron chi connectivity index (χ0n) is 23.2. The lowest BCUT2D eigenvalue weighted by atomic mass is 10.0. The molecule has 7 nitrogen and oxygen atoms in total. The number of nitrogens with zero attached hydrogens (tertiary/aromatic N) is 5. The molecule has 0 aliphatic heterocycles. The van der Waals surface area contributed by atoms with Gasteiger partial charge in [-0.1, -0.05) is 63.3 Å². The van der Waals surface area contributed by atoms with Crippen LogP contribution in [0.25, 0.3) is 23.3 Å². The lowest BCUT2D eigenvalue weighted by Gasteiger charge is -2.17. The maximum absolute atomic E-state index is 6.09. The Morgan fingerprint density at radius 2 is 2.00 bits per heavy atom. The Balaban J connectivity index is 1.63. The van der Waals surface area contributed by atoms with Crippen molar-refractivity contribution in [3.63, 3.8) is 0 Å². The van der Waals surface area contributed by atoms with Crippen molar-refractivity contribution in [2.24, 2.45) is 4.99 Å². The SMILES string of the molecule is C=Cc1[nH]nc(C(/C=C\N=C)=C/CC)c1/C=C(\C)c1nnc(C(C)CCCCN(C)Cc2ccccc2)o1. The summed E-state index contributed by atoms with van der Waals surface area (Å²) in [5.41, 5.74) is 5.72. The third kappa shape index (κ3) is 8.08. The molecular formula is C31H40N6O. The van der Waals surface area contributed by atoms with Gasteiger partial charge in [-0.2, -0.15) is 5.10 Å². The Bertz CT molecular complexity index is 1260. The number of H-pyrrole nitrogens is 1. The van der Waals surface area contributed by atoms with Gasteiger partial charge >= 0.3 is 0 Å². The van der Waals surface area contributed by atoms with E-state index in [1.54, 1.807) is 12.3 Å². The predicted molar refractivity (Wildman–Crippen MR) is 159 cm³/mol. The molecule has 0 amide bonds. The summed E-state index contributed by atoms with van der Waals surface area (Å²) in [5, 5.41) is 16.3. The number of benzene rings is 1. The fourth-order valence-corrected chi connectivity index (χ4v) is 4.28. The number of nitrogens with one attached hydrogen (secondary N) is 1. The molecule has 0 spiro atoms. The number of rotatable bonds is 15. The van der Waals surface area contributed by atoms with Crippen LogP contribution in [0.15, 0.2) is 64.7 Å². The van der Waals surface area contributed by atoms with Crippen LogP contribution in [0.3, 0.4) is 0 Å². The molecule has 1 aromatic carbocycles. The Morgan fingerprint density at radius 3 is 2.71 bits per heavy atom. The molecule has 3 rings (SSSR count). The van der Waals surface area contributed by atoms with Crippen molar-refractivity contribution in [2.75, 3.05) is 13.6 Å². The van der Waals surface area contributed by atoms with E-state index >= 15 is 0 Å². The highest BCUT2D eigenvalue weighted by Gasteiger charge is 2.17. The first kappa shape index (κ1) is 28.7. The summed E-state index contributed by atoms with van der Waals surface area (Å²) in [7, 11) is 2.17. The third-order valence-corrected chi connectivity index (χ3v) is 6.38. The quantitative estimate of drug-likeness (QED) is 0.130. The molecule has 1 N–H and O–H groups in total. The summed E-state index contributed by atoms with van der Waals surface area (Å²) in [6, 6.07) is 10.6. The van der Waals surface area contributed by atoms with Crippen molar-refractivity contribution in [3.05, 3.63) is 89.6 Å². The monoisotopic (exact) mass is 512 g/mol. The van der Waals surface area contributed by atoms with E-state index in [1.807, 2.05) is 19.1 Å². The Morgan fingerprint density at radius 1 is 1.21 bits per heavy atom. The highest BCUT2D eigenvalue weighted by atomic mass is 16.4. The zero-order valence-corrected chi connectivity index (χ0v) is 23.2. The summed E-state index contributed by atoms with van der Waals surface area (Å²) < 4.78 is 6.09. The highest BCUT2D eigenvalue weighted by Crippen LogP contribution is 2.28. The van der Waals surface area contributed by atoms with Gasteiger partial charge in [-0.15, -0.1) is 10.2 Å². The van der Waals surface area contributed by atoms with Crippen molar-refractivity contribution in [2.45, 2.75) is 58.9 Å². The third-order valence-electron chi connectivity index (χ3n) is 6.38. The van der Waals surface area contributed by atoms with Gasteiger partial charge < -0.3 is 9.32 Å². The summed E-state index contributed by atoms with van der Waals surface area (Å²) in [6.07, 6.45) is 13.5. The van der Waals surface area contributed by atoms with E-state index < -0.39 is 0 Å². The van der Waals surface area contributed by atoms with E-state index in [1.165, 1.54) is 5.56 Å². The van der Waals surface area contributed by atoms with Crippen molar-refractivity contribution in [1.82, 2.24) is 25.3 Å².